The summed E-state index contributed by atoms with van der Waals surface area (Å²) in [6.07, 6.45) is 6.01. The van der Waals surface area contributed by atoms with Gasteiger partial charge in [-0.1, -0.05) is 6.92 Å². The Bertz CT molecular complexity index is 405. The van der Waals surface area contributed by atoms with E-state index in [0.29, 0.717) is 24.1 Å². The van der Waals surface area contributed by atoms with Crippen molar-refractivity contribution >= 4 is 5.78 Å². The summed E-state index contributed by atoms with van der Waals surface area (Å²) in [6, 6.07) is 0.299. The summed E-state index contributed by atoms with van der Waals surface area (Å²) in [5.41, 5.74) is 1.24. The Morgan fingerprint density at radius 1 is 1.47 bits per heavy atom. The second-order valence-electron chi connectivity index (χ2n) is 4.90. The highest BCUT2D eigenvalue weighted by molar-refractivity contribution is 5.95. The normalized spacial score (nSPS) is 24.6. The molecule has 2 atom stereocenters. The van der Waals surface area contributed by atoms with Crippen LogP contribution < -0.4 is 5.32 Å². The minimum atomic E-state index is 0.0993. The standard InChI is InChI=1S/C13H19N3O/c1-9-3-4-15-11(7-9)8-12(17)13-10(2)14-5-6-16-13/h5-6,9,11,15H,3-4,7-8H2,1-2H3. The SMILES string of the molecule is Cc1nccnc1C(=O)CC1CC(C)CCN1. The first-order valence-electron chi connectivity index (χ1n) is 6.21. The van der Waals surface area contributed by atoms with Gasteiger partial charge in [0.25, 0.3) is 0 Å². The summed E-state index contributed by atoms with van der Waals surface area (Å²) in [6.45, 7) is 5.08. The van der Waals surface area contributed by atoms with Crippen molar-refractivity contribution in [2.75, 3.05) is 6.54 Å². The van der Waals surface area contributed by atoms with Crippen LogP contribution in [0.15, 0.2) is 12.4 Å². The average molecular weight is 233 g/mol. The molecule has 0 saturated carbocycles. The Hall–Kier alpha value is -1.29. The maximum absolute atomic E-state index is 12.1. The molecule has 2 heterocycles. The van der Waals surface area contributed by atoms with Gasteiger partial charge in [0.2, 0.25) is 0 Å². The fraction of sp³-hybridized carbons (Fsp3) is 0.615. The minimum Gasteiger partial charge on any atom is -0.314 e. The fourth-order valence-electron chi connectivity index (χ4n) is 2.38. The molecule has 17 heavy (non-hydrogen) atoms. The van der Waals surface area contributed by atoms with Crippen LogP contribution in [-0.4, -0.2) is 28.3 Å². The Morgan fingerprint density at radius 3 is 2.94 bits per heavy atom. The number of hydrogen-bond donors (Lipinski definition) is 1. The van der Waals surface area contributed by atoms with Gasteiger partial charge in [0, 0.05) is 24.9 Å². The van der Waals surface area contributed by atoms with Crippen molar-refractivity contribution in [1.82, 2.24) is 15.3 Å². The molecule has 1 aromatic rings. The molecule has 4 heteroatoms. The van der Waals surface area contributed by atoms with Crippen molar-refractivity contribution in [2.45, 2.75) is 39.2 Å². The molecule has 0 aromatic carbocycles. The molecule has 1 N–H and O–H groups in total. The molecular weight excluding hydrogens is 214 g/mol. The van der Waals surface area contributed by atoms with Crippen LogP contribution >= 0.6 is 0 Å². The highest BCUT2D eigenvalue weighted by Crippen LogP contribution is 2.18. The number of nitrogens with zero attached hydrogens (tertiary/aromatic N) is 2. The monoisotopic (exact) mass is 233 g/mol. The molecule has 0 spiro atoms. The summed E-state index contributed by atoms with van der Waals surface area (Å²) in [5, 5.41) is 3.40. The van der Waals surface area contributed by atoms with Gasteiger partial charge in [0.15, 0.2) is 5.78 Å². The van der Waals surface area contributed by atoms with Crippen LogP contribution in [0.3, 0.4) is 0 Å². The van der Waals surface area contributed by atoms with Crippen LogP contribution in [0.5, 0.6) is 0 Å². The van der Waals surface area contributed by atoms with E-state index in [4.69, 9.17) is 0 Å². The van der Waals surface area contributed by atoms with Gasteiger partial charge in [-0.3, -0.25) is 9.78 Å². The Morgan fingerprint density at radius 2 is 2.24 bits per heavy atom. The van der Waals surface area contributed by atoms with E-state index in [-0.39, 0.29) is 5.78 Å². The predicted molar refractivity (Wildman–Crippen MR) is 65.9 cm³/mol. The highest BCUT2D eigenvalue weighted by atomic mass is 16.1. The van der Waals surface area contributed by atoms with E-state index in [1.54, 1.807) is 12.4 Å². The first-order chi connectivity index (χ1) is 8.16. The van der Waals surface area contributed by atoms with Crippen molar-refractivity contribution in [3.8, 4) is 0 Å². The molecule has 0 amide bonds. The topological polar surface area (TPSA) is 54.9 Å². The lowest BCUT2D eigenvalue weighted by Crippen LogP contribution is -2.38. The number of piperidine rings is 1. The molecule has 4 nitrogen and oxygen atoms in total. The highest BCUT2D eigenvalue weighted by Gasteiger charge is 2.22. The van der Waals surface area contributed by atoms with Crippen molar-refractivity contribution in [3.63, 3.8) is 0 Å². The van der Waals surface area contributed by atoms with Crippen molar-refractivity contribution in [1.29, 1.82) is 0 Å². The van der Waals surface area contributed by atoms with Crippen LogP contribution in [-0.2, 0) is 0 Å². The van der Waals surface area contributed by atoms with Crippen LogP contribution in [0.1, 0.15) is 42.4 Å². The number of aryl methyl sites for hydroxylation is 1. The molecule has 2 rings (SSSR count). The molecule has 1 saturated heterocycles. The van der Waals surface area contributed by atoms with E-state index in [0.717, 1.165) is 18.7 Å². The van der Waals surface area contributed by atoms with Gasteiger partial charge >= 0.3 is 0 Å². The average Bonchev–Trinajstić information content (AvgIpc) is 2.29. The number of carbonyl (C=O) groups is 1. The van der Waals surface area contributed by atoms with Crippen LogP contribution in [0.2, 0.25) is 0 Å². The van der Waals surface area contributed by atoms with Crippen LogP contribution in [0, 0.1) is 12.8 Å². The first-order valence-corrected chi connectivity index (χ1v) is 6.21. The second-order valence-corrected chi connectivity index (χ2v) is 4.90. The minimum absolute atomic E-state index is 0.0993. The number of hydrogen-bond acceptors (Lipinski definition) is 4. The summed E-state index contributed by atoms with van der Waals surface area (Å²) >= 11 is 0. The van der Waals surface area contributed by atoms with E-state index < -0.39 is 0 Å². The van der Waals surface area contributed by atoms with Gasteiger partial charge in [-0.2, -0.15) is 0 Å². The molecule has 0 aliphatic carbocycles. The van der Waals surface area contributed by atoms with Crippen molar-refractivity contribution in [2.24, 2.45) is 5.92 Å². The summed E-state index contributed by atoms with van der Waals surface area (Å²) in [5.74, 6) is 0.805. The van der Waals surface area contributed by atoms with Gasteiger partial charge in [0.1, 0.15) is 5.69 Å². The molecule has 2 unspecified atom stereocenters. The Kier molecular flexibility index (Phi) is 3.84. The van der Waals surface area contributed by atoms with Crippen LogP contribution in [0.25, 0.3) is 0 Å². The van der Waals surface area contributed by atoms with E-state index >= 15 is 0 Å². The van der Waals surface area contributed by atoms with Crippen molar-refractivity contribution < 1.29 is 4.79 Å². The third-order valence-corrected chi connectivity index (χ3v) is 3.33. The number of rotatable bonds is 3. The first kappa shape index (κ1) is 12.2. The zero-order chi connectivity index (χ0) is 12.3. The van der Waals surface area contributed by atoms with Gasteiger partial charge in [-0.25, -0.2) is 4.98 Å². The van der Waals surface area contributed by atoms with Gasteiger partial charge in [-0.15, -0.1) is 0 Å². The lowest BCUT2D eigenvalue weighted by atomic mass is 9.91. The molecule has 92 valence electrons. The smallest absolute Gasteiger partial charge is 0.184 e. The molecular formula is C13H19N3O. The van der Waals surface area contributed by atoms with E-state index in [2.05, 4.69) is 22.2 Å². The number of Topliss-reactive ketones (excluding diaryl/α,β-unsaturated/α-hetero) is 1. The Balaban J connectivity index is 1.99. The van der Waals surface area contributed by atoms with Gasteiger partial charge in [-0.05, 0) is 32.2 Å². The third kappa shape index (κ3) is 3.09. The molecule has 0 radical (unpaired) electrons. The summed E-state index contributed by atoms with van der Waals surface area (Å²) < 4.78 is 0. The second kappa shape index (κ2) is 5.36. The summed E-state index contributed by atoms with van der Waals surface area (Å²) in [4.78, 5) is 20.3. The Labute approximate surface area is 102 Å². The number of nitrogens with one attached hydrogen (secondary N) is 1. The predicted octanol–water partition coefficient (Wildman–Crippen LogP) is 1.75. The van der Waals surface area contributed by atoms with E-state index in [1.165, 1.54) is 6.42 Å². The molecule has 0 bridgehead atoms. The van der Waals surface area contributed by atoms with E-state index in [1.807, 2.05) is 6.92 Å². The van der Waals surface area contributed by atoms with Crippen LogP contribution in [0.4, 0.5) is 0 Å². The lowest BCUT2D eigenvalue weighted by Gasteiger charge is -2.27. The van der Waals surface area contributed by atoms with Gasteiger partial charge in [0.05, 0.1) is 5.69 Å². The largest absolute Gasteiger partial charge is 0.314 e. The number of carbonyl (C=O) groups excluding carboxylic acids is 1. The van der Waals surface area contributed by atoms with E-state index in [9.17, 15) is 4.79 Å². The quantitative estimate of drug-likeness (QED) is 0.808. The molecule has 1 fully saturated rings. The fourth-order valence-corrected chi connectivity index (χ4v) is 2.38. The lowest BCUT2D eigenvalue weighted by molar-refractivity contribution is 0.0953. The third-order valence-electron chi connectivity index (χ3n) is 3.33. The van der Waals surface area contributed by atoms with Crippen molar-refractivity contribution in [3.05, 3.63) is 23.8 Å². The number of aromatic nitrogens is 2. The zero-order valence-corrected chi connectivity index (χ0v) is 10.4. The maximum atomic E-state index is 12.1. The number of ketones is 1. The molecule has 1 aliphatic heterocycles. The molecule has 1 aromatic heterocycles. The molecule has 1 aliphatic rings. The zero-order valence-electron chi connectivity index (χ0n) is 10.4. The van der Waals surface area contributed by atoms with Gasteiger partial charge < -0.3 is 5.32 Å². The maximum Gasteiger partial charge on any atom is 0.184 e. The summed E-state index contributed by atoms with van der Waals surface area (Å²) in [7, 11) is 0.